The maximum absolute atomic E-state index is 13.4. The van der Waals surface area contributed by atoms with Gasteiger partial charge in [0, 0.05) is 57.4 Å². The molecule has 1 fully saturated rings. The summed E-state index contributed by atoms with van der Waals surface area (Å²) in [7, 11) is 3.89. The fraction of sp³-hybridized carbons (Fsp3) is 0.567. The Bertz CT molecular complexity index is 1080. The van der Waals surface area contributed by atoms with Gasteiger partial charge in [-0.05, 0) is 63.1 Å². The molecule has 10 heteroatoms. The lowest BCUT2D eigenvalue weighted by Gasteiger charge is -2.30. The Morgan fingerprint density at radius 3 is 2.23 bits per heavy atom. The average Bonchev–Trinajstić information content (AvgIpc) is 2.96. The van der Waals surface area contributed by atoms with Crippen molar-refractivity contribution in [1.82, 2.24) is 25.5 Å². The number of carbonyl (C=O) groups excluding carboxylic acids is 3. The molecule has 0 bridgehead atoms. The van der Waals surface area contributed by atoms with Crippen LogP contribution >= 0.6 is 0 Å². The lowest BCUT2D eigenvalue weighted by molar-refractivity contribution is -0.133. The number of hydrogen-bond donors (Lipinski definition) is 3. The van der Waals surface area contributed by atoms with Gasteiger partial charge in [0.15, 0.2) is 0 Å². The van der Waals surface area contributed by atoms with Gasteiger partial charge < -0.3 is 25.8 Å². The molecule has 0 spiro atoms. The highest BCUT2D eigenvalue weighted by atomic mass is 16.2. The van der Waals surface area contributed by atoms with Crippen LogP contribution in [0.15, 0.2) is 42.6 Å². The van der Waals surface area contributed by atoms with Crippen molar-refractivity contribution in [2.24, 2.45) is 0 Å². The zero-order valence-corrected chi connectivity index (χ0v) is 24.4. The fourth-order valence-corrected chi connectivity index (χ4v) is 4.99. The van der Waals surface area contributed by atoms with E-state index in [9.17, 15) is 14.4 Å². The SMILES string of the molecule is CCCN(CCC)C(=O)C(CCC(=O)NC1CCC(Nc2nccc(N(C)C)n2)CC1)NC(=O)c1ccccc1. The highest BCUT2D eigenvalue weighted by Gasteiger charge is 2.28. The van der Waals surface area contributed by atoms with Gasteiger partial charge in [-0.3, -0.25) is 14.4 Å². The number of benzene rings is 1. The van der Waals surface area contributed by atoms with E-state index in [2.05, 4.69) is 25.9 Å². The highest BCUT2D eigenvalue weighted by Crippen LogP contribution is 2.22. The average molecular weight is 552 g/mol. The second-order valence-corrected chi connectivity index (χ2v) is 10.6. The zero-order valence-electron chi connectivity index (χ0n) is 24.4. The van der Waals surface area contributed by atoms with E-state index in [1.54, 1.807) is 35.4 Å². The Hall–Kier alpha value is -3.69. The Morgan fingerprint density at radius 2 is 1.60 bits per heavy atom. The first kappa shape index (κ1) is 30.8. The number of carbonyl (C=O) groups is 3. The van der Waals surface area contributed by atoms with Crippen LogP contribution in [-0.4, -0.2) is 77.9 Å². The summed E-state index contributed by atoms with van der Waals surface area (Å²) in [5.41, 5.74) is 0.492. The zero-order chi connectivity index (χ0) is 28.9. The molecule has 1 atom stereocenters. The summed E-state index contributed by atoms with van der Waals surface area (Å²) in [4.78, 5) is 51.8. The van der Waals surface area contributed by atoms with Crippen LogP contribution in [-0.2, 0) is 9.59 Å². The Balaban J connectivity index is 1.52. The monoisotopic (exact) mass is 551 g/mol. The molecular weight excluding hydrogens is 506 g/mol. The van der Waals surface area contributed by atoms with Gasteiger partial charge in [-0.1, -0.05) is 32.0 Å². The molecule has 3 rings (SSSR count). The third-order valence-corrected chi connectivity index (χ3v) is 7.12. The maximum atomic E-state index is 13.4. The minimum absolute atomic E-state index is 0.0873. The molecule has 0 saturated heterocycles. The second-order valence-electron chi connectivity index (χ2n) is 10.6. The molecular formula is C30H45N7O3. The third-order valence-electron chi connectivity index (χ3n) is 7.12. The number of rotatable bonds is 14. The lowest BCUT2D eigenvalue weighted by atomic mass is 9.91. The van der Waals surface area contributed by atoms with Crippen LogP contribution in [0.1, 0.15) is 75.6 Å². The largest absolute Gasteiger partial charge is 0.363 e. The number of aromatic nitrogens is 2. The van der Waals surface area contributed by atoms with Gasteiger partial charge in [0.1, 0.15) is 11.9 Å². The summed E-state index contributed by atoms with van der Waals surface area (Å²) in [5.74, 6) is 0.934. The van der Waals surface area contributed by atoms with Crippen LogP contribution in [0.25, 0.3) is 0 Å². The van der Waals surface area contributed by atoms with Crippen LogP contribution in [0, 0.1) is 0 Å². The fourth-order valence-electron chi connectivity index (χ4n) is 4.99. The van der Waals surface area contributed by atoms with Crippen molar-refractivity contribution in [3.63, 3.8) is 0 Å². The molecule has 0 radical (unpaired) electrons. The first-order chi connectivity index (χ1) is 19.3. The van der Waals surface area contributed by atoms with Gasteiger partial charge in [-0.25, -0.2) is 4.98 Å². The number of amides is 3. The van der Waals surface area contributed by atoms with Gasteiger partial charge in [-0.2, -0.15) is 4.98 Å². The molecule has 2 aromatic rings. The van der Waals surface area contributed by atoms with E-state index in [0.717, 1.165) is 44.3 Å². The van der Waals surface area contributed by atoms with Gasteiger partial charge in [0.25, 0.3) is 5.91 Å². The first-order valence-corrected chi connectivity index (χ1v) is 14.5. The summed E-state index contributed by atoms with van der Waals surface area (Å²) in [6, 6.07) is 10.3. The summed E-state index contributed by atoms with van der Waals surface area (Å²) in [6.45, 7) is 5.30. The van der Waals surface area contributed by atoms with Gasteiger partial charge in [-0.15, -0.1) is 0 Å². The van der Waals surface area contributed by atoms with Crippen LogP contribution < -0.4 is 20.9 Å². The van der Waals surface area contributed by atoms with Crippen molar-refractivity contribution in [2.75, 3.05) is 37.4 Å². The van der Waals surface area contributed by atoms with Gasteiger partial charge >= 0.3 is 0 Å². The van der Waals surface area contributed by atoms with Gasteiger partial charge in [0.05, 0.1) is 0 Å². The van der Waals surface area contributed by atoms with Crippen LogP contribution in [0.2, 0.25) is 0 Å². The lowest BCUT2D eigenvalue weighted by Crippen LogP contribution is -2.49. The highest BCUT2D eigenvalue weighted by molar-refractivity contribution is 5.97. The van der Waals surface area contributed by atoms with Crippen molar-refractivity contribution in [3.8, 4) is 0 Å². The van der Waals surface area contributed by atoms with Crippen molar-refractivity contribution >= 4 is 29.5 Å². The van der Waals surface area contributed by atoms with E-state index in [0.29, 0.717) is 24.6 Å². The van der Waals surface area contributed by atoms with Crippen LogP contribution in [0.3, 0.4) is 0 Å². The molecule has 1 aliphatic rings. The maximum Gasteiger partial charge on any atom is 0.251 e. The second kappa shape index (κ2) is 15.8. The molecule has 0 aliphatic heterocycles. The van der Waals surface area contributed by atoms with Gasteiger partial charge in [0.2, 0.25) is 17.8 Å². The van der Waals surface area contributed by atoms with Crippen LogP contribution in [0.4, 0.5) is 11.8 Å². The van der Waals surface area contributed by atoms with E-state index in [4.69, 9.17) is 0 Å². The summed E-state index contributed by atoms with van der Waals surface area (Å²) in [6.07, 6.45) is 7.34. The summed E-state index contributed by atoms with van der Waals surface area (Å²) >= 11 is 0. The molecule has 10 nitrogen and oxygen atoms in total. The first-order valence-electron chi connectivity index (χ1n) is 14.5. The van der Waals surface area contributed by atoms with Crippen molar-refractivity contribution in [1.29, 1.82) is 0 Å². The topological polar surface area (TPSA) is 120 Å². The molecule has 218 valence electrons. The smallest absolute Gasteiger partial charge is 0.251 e. The normalized spacial score (nSPS) is 17.4. The molecule has 1 aromatic heterocycles. The van der Waals surface area contributed by atoms with Crippen molar-refractivity contribution < 1.29 is 14.4 Å². The van der Waals surface area contributed by atoms with E-state index >= 15 is 0 Å². The number of anilines is 2. The summed E-state index contributed by atoms with van der Waals surface area (Å²) in [5, 5.41) is 9.46. The Labute approximate surface area is 238 Å². The molecule has 1 unspecified atom stereocenters. The van der Waals surface area contributed by atoms with E-state index in [1.165, 1.54) is 0 Å². The number of nitrogens with zero attached hydrogens (tertiary/aromatic N) is 4. The predicted octanol–water partition coefficient (Wildman–Crippen LogP) is 3.61. The minimum atomic E-state index is -0.755. The molecule has 40 heavy (non-hydrogen) atoms. The molecule has 1 heterocycles. The number of hydrogen-bond acceptors (Lipinski definition) is 7. The molecule has 3 amide bonds. The molecule has 1 saturated carbocycles. The van der Waals surface area contributed by atoms with Crippen LogP contribution in [0.5, 0.6) is 0 Å². The van der Waals surface area contributed by atoms with Crippen molar-refractivity contribution in [2.45, 2.75) is 83.3 Å². The van der Waals surface area contributed by atoms with Crippen molar-refractivity contribution in [3.05, 3.63) is 48.2 Å². The summed E-state index contributed by atoms with van der Waals surface area (Å²) < 4.78 is 0. The molecule has 1 aliphatic carbocycles. The molecule has 1 aromatic carbocycles. The third kappa shape index (κ3) is 9.50. The standard InChI is InChI=1S/C30H45N7O3/c1-5-20-37(21-6-2)29(40)25(34-28(39)22-10-8-7-9-11-22)16-17-27(38)32-23-12-14-24(15-13-23)33-30-31-19-18-26(35-30)36(3)4/h7-11,18-19,23-25H,5-6,12-17,20-21H2,1-4H3,(H,32,38)(H,34,39)(H,31,33,35). The van der Waals surface area contributed by atoms with E-state index < -0.39 is 6.04 Å². The van der Waals surface area contributed by atoms with E-state index in [1.807, 2.05) is 45.0 Å². The number of nitrogens with one attached hydrogen (secondary N) is 3. The Morgan fingerprint density at radius 1 is 0.950 bits per heavy atom. The predicted molar refractivity (Wildman–Crippen MR) is 158 cm³/mol. The minimum Gasteiger partial charge on any atom is -0.363 e. The quantitative estimate of drug-likeness (QED) is 0.328. The van der Waals surface area contributed by atoms with E-state index in [-0.39, 0.29) is 42.6 Å². The molecule has 3 N–H and O–H groups in total. The Kier molecular flexibility index (Phi) is 12.2.